The summed E-state index contributed by atoms with van der Waals surface area (Å²) >= 11 is 0. The Morgan fingerprint density at radius 2 is 1.70 bits per heavy atom. The van der Waals surface area contributed by atoms with Gasteiger partial charge < -0.3 is 14.7 Å². The van der Waals surface area contributed by atoms with Gasteiger partial charge in [0.1, 0.15) is 23.5 Å². The van der Waals surface area contributed by atoms with Gasteiger partial charge in [0.2, 0.25) is 5.91 Å². The van der Waals surface area contributed by atoms with Crippen LogP contribution in [0.15, 0.2) is 72.7 Å². The highest BCUT2D eigenvalue weighted by Crippen LogP contribution is 2.46. The third-order valence-electron chi connectivity index (χ3n) is 5.56. The van der Waals surface area contributed by atoms with E-state index in [4.69, 9.17) is 10.2 Å². The van der Waals surface area contributed by atoms with Crippen LogP contribution in [0.4, 0.5) is 14.5 Å². The van der Waals surface area contributed by atoms with Crippen LogP contribution < -0.4 is 4.90 Å². The van der Waals surface area contributed by atoms with Crippen LogP contribution in [0.25, 0.3) is 0 Å². The Hall–Kier alpha value is -3.74. The first kappa shape index (κ1) is 17.8. The molecule has 3 aromatic rings. The van der Waals surface area contributed by atoms with E-state index in [1.807, 2.05) is 0 Å². The van der Waals surface area contributed by atoms with Gasteiger partial charge in [0.15, 0.2) is 0 Å². The summed E-state index contributed by atoms with van der Waals surface area (Å²) in [5.74, 6) is -3.56. The molecule has 7 heteroatoms. The van der Waals surface area contributed by atoms with Gasteiger partial charge in [0.25, 0.3) is 0 Å². The number of aromatic hydroxyl groups is 1. The molecule has 0 aliphatic carbocycles. The molecule has 1 aliphatic rings. The molecule has 0 bridgehead atoms. The van der Waals surface area contributed by atoms with Gasteiger partial charge in [-0.1, -0.05) is 24.3 Å². The third-order valence-corrected chi connectivity index (χ3v) is 5.56. The molecule has 1 saturated heterocycles. The van der Waals surface area contributed by atoms with Crippen molar-refractivity contribution in [2.24, 2.45) is 5.92 Å². The quantitative estimate of drug-likeness (QED) is 0.380. The molecule has 1 N–H and O–H groups in total. The van der Waals surface area contributed by atoms with Crippen molar-refractivity contribution in [1.29, 1.82) is 0 Å². The van der Waals surface area contributed by atoms with Crippen molar-refractivity contribution in [3.05, 3.63) is 95.5 Å². The monoisotopic (exact) mass is 455 g/mol. The van der Waals surface area contributed by atoms with Crippen molar-refractivity contribution in [2.45, 2.75) is 31.9 Å². The number of nitrogens with zero attached hydrogens (tertiary/aromatic N) is 1. The number of hydrogen-bond acceptors (Lipinski definition) is 4. The Kier molecular flexibility index (Phi) is 5.06. The zero-order valence-corrected chi connectivity index (χ0v) is 17.6. The van der Waals surface area contributed by atoms with Crippen molar-refractivity contribution in [3.63, 3.8) is 0 Å². The number of rotatable bonds is 7. The lowest BCUT2D eigenvalue weighted by molar-refractivity contribution is -0.147. The molecule has 0 radical (unpaired) electrons. The summed E-state index contributed by atoms with van der Waals surface area (Å²) in [6.07, 6.45) is -0.369. The predicted octanol–water partition coefficient (Wildman–Crippen LogP) is 5.46. The minimum atomic E-state index is -1.31. The average molecular weight is 455 g/mol. The summed E-state index contributed by atoms with van der Waals surface area (Å²) < 4.78 is 65.0. The first-order valence-electron chi connectivity index (χ1n) is 12.3. The molecule has 0 spiro atoms. The fourth-order valence-electron chi connectivity index (χ4n) is 4.05. The van der Waals surface area contributed by atoms with Crippen LogP contribution >= 0.6 is 0 Å². The number of carbonyl (C=O) groups excluding carboxylic acids is 2. The normalized spacial score (nSPS) is 20.2. The maximum absolute atomic E-state index is 14.1. The Labute approximate surface area is 195 Å². The third kappa shape index (κ3) is 4.87. The summed E-state index contributed by atoms with van der Waals surface area (Å²) in [4.78, 5) is 26.2. The summed E-state index contributed by atoms with van der Waals surface area (Å²) in [5, 5.41) is 9.72. The first-order chi connectivity index (χ1) is 17.5. The van der Waals surface area contributed by atoms with E-state index in [-0.39, 0.29) is 24.3 Å². The average Bonchev–Trinajstić information content (AvgIpc) is 2.87. The number of esters is 1. The number of halogens is 2. The molecule has 0 saturated carbocycles. The number of amides is 1. The van der Waals surface area contributed by atoms with Crippen LogP contribution in [0.1, 0.15) is 48.5 Å². The van der Waals surface area contributed by atoms with Crippen molar-refractivity contribution in [3.8, 4) is 5.75 Å². The molecule has 0 unspecified atom stereocenters. The summed E-state index contributed by atoms with van der Waals surface area (Å²) in [5.41, 5.74) is 0.750. The van der Waals surface area contributed by atoms with E-state index in [9.17, 15) is 23.5 Å². The summed E-state index contributed by atoms with van der Waals surface area (Å²) in [7, 11) is 0. The van der Waals surface area contributed by atoms with Gasteiger partial charge in [-0.2, -0.15) is 0 Å². The van der Waals surface area contributed by atoms with Gasteiger partial charge in [0.05, 0.1) is 17.4 Å². The number of anilines is 1. The zero-order valence-electron chi connectivity index (χ0n) is 21.6. The van der Waals surface area contributed by atoms with E-state index in [2.05, 4.69) is 0 Å². The van der Waals surface area contributed by atoms with Gasteiger partial charge in [0, 0.05) is 12.6 Å². The Balaban J connectivity index is 1.69. The smallest absolute Gasteiger partial charge is 0.303 e. The highest BCUT2D eigenvalue weighted by Gasteiger charge is 2.48. The molecular formula is C26H23F2NO4. The number of hydrogen-bond donors (Lipinski definition) is 1. The predicted molar refractivity (Wildman–Crippen MR) is 118 cm³/mol. The van der Waals surface area contributed by atoms with Crippen LogP contribution in [0.5, 0.6) is 5.75 Å². The number of phenols is 1. The van der Waals surface area contributed by atoms with Crippen LogP contribution in [-0.2, 0) is 14.3 Å². The maximum atomic E-state index is 14.1. The SMILES string of the molecule is [2H]c1c([2H])c(N2C(=O)[C@H](CC[C@H](OC(C)=O)c3ccc(F)cc3)[C@H]2c2ccc(O)cc2)c([2H])c([2H])c1F. The van der Waals surface area contributed by atoms with E-state index in [0.717, 1.165) is 4.90 Å². The largest absolute Gasteiger partial charge is 0.508 e. The number of ether oxygens (including phenoxy) is 1. The number of phenolic OH excluding ortho intramolecular Hbond substituents is 1. The molecule has 0 aromatic heterocycles. The van der Waals surface area contributed by atoms with Crippen LogP contribution in [-0.4, -0.2) is 17.0 Å². The molecule has 5 nitrogen and oxygen atoms in total. The van der Waals surface area contributed by atoms with Gasteiger partial charge in [-0.05, 0) is 72.4 Å². The Morgan fingerprint density at radius 1 is 1.06 bits per heavy atom. The fourth-order valence-corrected chi connectivity index (χ4v) is 4.05. The van der Waals surface area contributed by atoms with E-state index in [1.165, 1.54) is 43.3 Å². The minimum absolute atomic E-state index is 0.0187. The molecule has 1 amide bonds. The van der Waals surface area contributed by atoms with Crippen molar-refractivity contribution in [1.82, 2.24) is 0 Å². The van der Waals surface area contributed by atoms with Crippen molar-refractivity contribution >= 4 is 17.6 Å². The van der Waals surface area contributed by atoms with E-state index < -0.39 is 65.7 Å². The minimum Gasteiger partial charge on any atom is -0.508 e. The standard InChI is InChI=1S/C26H23F2NO4/c1-16(30)33-24(17-2-6-19(27)7-3-17)15-14-23-25(18-4-12-22(31)13-5-18)29(26(23)32)21-10-8-20(28)9-11-21/h2-13,23-25,31H,14-15H2,1H3/t23-,24+,25-/m1/s1/i8D,9D,10D,11D. The lowest BCUT2D eigenvalue weighted by Gasteiger charge is -2.48. The highest BCUT2D eigenvalue weighted by atomic mass is 19.1. The second-order valence-electron chi connectivity index (χ2n) is 7.74. The summed E-state index contributed by atoms with van der Waals surface area (Å²) in [6.45, 7) is 1.24. The van der Waals surface area contributed by atoms with Gasteiger partial charge in [-0.3, -0.25) is 9.59 Å². The van der Waals surface area contributed by atoms with Gasteiger partial charge in [-0.25, -0.2) is 8.78 Å². The lowest BCUT2D eigenvalue weighted by Crippen LogP contribution is -2.55. The summed E-state index contributed by atoms with van der Waals surface area (Å²) in [6, 6.07) is 7.50. The van der Waals surface area contributed by atoms with Gasteiger partial charge in [-0.15, -0.1) is 0 Å². The van der Waals surface area contributed by atoms with Crippen LogP contribution in [0.2, 0.25) is 0 Å². The van der Waals surface area contributed by atoms with Crippen molar-refractivity contribution in [2.75, 3.05) is 4.90 Å². The van der Waals surface area contributed by atoms with E-state index in [1.54, 1.807) is 12.1 Å². The van der Waals surface area contributed by atoms with E-state index in [0.29, 0.717) is 11.1 Å². The second-order valence-corrected chi connectivity index (χ2v) is 7.74. The fraction of sp³-hybridized carbons (Fsp3) is 0.231. The zero-order chi connectivity index (χ0) is 27.0. The number of carbonyl (C=O) groups is 2. The van der Waals surface area contributed by atoms with Crippen LogP contribution in [0, 0.1) is 17.6 Å². The van der Waals surface area contributed by atoms with Gasteiger partial charge >= 0.3 is 5.97 Å². The topological polar surface area (TPSA) is 66.8 Å². The van der Waals surface area contributed by atoms with Crippen molar-refractivity contribution < 1.29 is 33.7 Å². The molecule has 4 rings (SSSR count). The first-order valence-corrected chi connectivity index (χ1v) is 10.3. The Bertz CT molecular complexity index is 1320. The van der Waals surface area contributed by atoms with Crippen LogP contribution in [0.3, 0.4) is 0 Å². The molecule has 1 aliphatic heterocycles. The molecule has 170 valence electrons. The maximum Gasteiger partial charge on any atom is 0.303 e. The number of β-lactam (4-membered cyclic amide) rings is 1. The van der Waals surface area contributed by atoms with E-state index >= 15 is 0 Å². The highest BCUT2D eigenvalue weighted by molar-refractivity contribution is 6.03. The second kappa shape index (κ2) is 9.40. The molecule has 33 heavy (non-hydrogen) atoms. The Morgan fingerprint density at radius 3 is 2.30 bits per heavy atom. The molecule has 1 fully saturated rings. The molecular weight excluding hydrogens is 428 g/mol. The molecule has 1 heterocycles. The lowest BCUT2D eigenvalue weighted by atomic mass is 9.78. The molecule has 3 aromatic carbocycles. The number of benzene rings is 3. The molecule has 3 atom stereocenters.